The highest BCUT2D eigenvalue weighted by Crippen LogP contribution is 2.14. The van der Waals surface area contributed by atoms with Crippen molar-refractivity contribution in [3.05, 3.63) is 76.9 Å². The maximum atomic E-state index is 5.54. The van der Waals surface area contributed by atoms with Crippen LogP contribution in [0.5, 0.6) is 0 Å². The van der Waals surface area contributed by atoms with Gasteiger partial charge >= 0.3 is 0 Å². The van der Waals surface area contributed by atoms with Crippen LogP contribution in [0.15, 0.2) is 54.6 Å². The number of hydrogen-bond donors (Lipinski definition) is 0. The van der Waals surface area contributed by atoms with Gasteiger partial charge in [0.1, 0.15) is 0 Å². The third-order valence-electron chi connectivity index (χ3n) is 3.17. The van der Waals surface area contributed by atoms with Gasteiger partial charge in [-0.15, -0.1) is 6.42 Å². The molecule has 2 aromatic rings. The van der Waals surface area contributed by atoms with E-state index in [0.29, 0.717) is 0 Å². The average Bonchev–Trinajstić information content (AvgIpc) is 2.48. The van der Waals surface area contributed by atoms with Crippen LogP contribution in [0.1, 0.15) is 29.2 Å². The molecule has 0 amide bonds. The van der Waals surface area contributed by atoms with Gasteiger partial charge in [0.15, 0.2) is 0 Å². The molecule has 2 aromatic carbocycles. The monoisotopic (exact) mass is 246 g/mol. The van der Waals surface area contributed by atoms with Crippen LogP contribution in [0.3, 0.4) is 0 Å². The van der Waals surface area contributed by atoms with Gasteiger partial charge in [0, 0.05) is 5.56 Å². The lowest BCUT2D eigenvalue weighted by Crippen LogP contribution is -1.87. The normalized spacial score (nSPS) is 10.5. The molecule has 0 saturated carbocycles. The maximum Gasteiger partial charge on any atom is 0.0315 e. The van der Waals surface area contributed by atoms with Crippen molar-refractivity contribution in [3.63, 3.8) is 0 Å². The minimum Gasteiger partial charge on any atom is -0.115 e. The van der Waals surface area contributed by atoms with Gasteiger partial charge in [0.25, 0.3) is 0 Å². The van der Waals surface area contributed by atoms with Gasteiger partial charge in [-0.25, -0.2) is 0 Å². The molecule has 0 saturated heterocycles. The molecule has 94 valence electrons. The lowest BCUT2D eigenvalue weighted by molar-refractivity contribution is 1.14. The largest absolute Gasteiger partial charge is 0.115 e. The predicted octanol–water partition coefficient (Wildman–Crippen LogP) is 4.49. The predicted molar refractivity (Wildman–Crippen MR) is 82.9 cm³/mol. The minimum atomic E-state index is 0.932. The second kappa shape index (κ2) is 6.61. The Morgan fingerprint density at radius 3 is 2.53 bits per heavy atom. The fraction of sp³-hybridized carbons (Fsp3) is 0.158. The standard InChI is InChI=1S/C19H18/c1-3-16-13-14-18(4-2)19(15-16)12-8-11-17-9-6-5-7-10-17/h2,5-10,12-15H,3,11H2,1H3/b12-8-. The Morgan fingerprint density at radius 2 is 1.84 bits per heavy atom. The average molecular weight is 246 g/mol. The fourth-order valence-electron chi connectivity index (χ4n) is 2.04. The molecule has 0 heteroatoms. The van der Waals surface area contributed by atoms with Gasteiger partial charge < -0.3 is 0 Å². The SMILES string of the molecule is C#Cc1ccc(CC)cc1/C=C\Cc1ccccc1. The molecule has 0 aliphatic carbocycles. The highest BCUT2D eigenvalue weighted by atomic mass is 14.0. The topological polar surface area (TPSA) is 0 Å². The van der Waals surface area contributed by atoms with Gasteiger partial charge in [-0.3, -0.25) is 0 Å². The molecule has 0 N–H and O–H groups in total. The first-order valence-corrected chi connectivity index (χ1v) is 6.63. The van der Waals surface area contributed by atoms with Crippen LogP contribution < -0.4 is 0 Å². The van der Waals surface area contributed by atoms with Crippen LogP contribution in [-0.4, -0.2) is 0 Å². The van der Waals surface area contributed by atoms with Gasteiger partial charge in [-0.2, -0.15) is 0 Å². The molecule has 0 unspecified atom stereocenters. The van der Waals surface area contributed by atoms with E-state index in [2.05, 4.69) is 61.4 Å². The van der Waals surface area contributed by atoms with E-state index in [4.69, 9.17) is 6.42 Å². The summed E-state index contributed by atoms with van der Waals surface area (Å²) < 4.78 is 0. The smallest absolute Gasteiger partial charge is 0.0315 e. The maximum absolute atomic E-state index is 5.54. The second-order valence-electron chi connectivity index (χ2n) is 4.51. The highest BCUT2D eigenvalue weighted by Gasteiger charge is 1.98. The number of terminal acetylenes is 1. The third kappa shape index (κ3) is 3.60. The molecule has 2 rings (SSSR count). The molecular formula is C19H18. The fourth-order valence-corrected chi connectivity index (χ4v) is 2.04. The molecular weight excluding hydrogens is 228 g/mol. The summed E-state index contributed by atoms with van der Waals surface area (Å²) in [5, 5.41) is 0. The summed E-state index contributed by atoms with van der Waals surface area (Å²) in [5.74, 6) is 2.74. The van der Waals surface area contributed by atoms with Crippen LogP contribution >= 0.6 is 0 Å². The van der Waals surface area contributed by atoms with Gasteiger partial charge in [0.2, 0.25) is 0 Å². The summed E-state index contributed by atoms with van der Waals surface area (Å²) in [4.78, 5) is 0. The first kappa shape index (κ1) is 13.2. The lowest BCUT2D eigenvalue weighted by Gasteiger charge is -2.03. The van der Waals surface area contributed by atoms with E-state index < -0.39 is 0 Å². The van der Waals surface area contributed by atoms with Crippen molar-refractivity contribution in [2.75, 3.05) is 0 Å². The Hall–Kier alpha value is -2.26. The van der Waals surface area contributed by atoms with Crippen molar-refractivity contribution in [1.29, 1.82) is 0 Å². The summed E-state index contributed by atoms with van der Waals surface area (Å²) >= 11 is 0. The van der Waals surface area contributed by atoms with E-state index in [1.165, 1.54) is 11.1 Å². The number of allylic oxidation sites excluding steroid dienone is 1. The molecule has 0 aliphatic rings. The zero-order chi connectivity index (χ0) is 13.5. The Balaban J connectivity index is 2.16. The van der Waals surface area contributed by atoms with Crippen molar-refractivity contribution >= 4 is 6.08 Å². The third-order valence-corrected chi connectivity index (χ3v) is 3.17. The highest BCUT2D eigenvalue weighted by molar-refractivity contribution is 5.60. The van der Waals surface area contributed by atoms with Gasteiger partial charge in [-0.1, -0.05) is 67.5 Å². The van der Waals surface area contributed by atoms with Crippen molar-refractivity contribution in [2.24, 2.45) is 0 Å². The van der Waals surface area contributed by atoms with E-state index >= 15 is 0 Å². The Morgan fingerprint density at radius 1 is 1.05 bits per heavy atom. The zero-order valence-electron chi connectivity index (χ0n) is 11.3. The van der Waals surface area contributed by atoms with Crippen LogP contribution in [0.25, 0.3) is 6.08 Å². The first-order chi connectivity index (χ1) is 9.33. The zero-order valence-corrected chi connectivity index (χ0v) is 11.3. The summed E-state index contributed by atoms with van der Waals surface area (Å²) in [5.41, 5.74) is 4.73. The van der Waals surface area contributed by atoms with Crippen molar-refractivity contribution in [1.82, 2.24) is 0 Å². The van der Waals surface area contributed by atoms with E-state index in [0.717, 1.165) is 24.0 Å². The van der Waals surface area contributed by atoms with Gasteiger partial charge in [0.05, 0.1) is 0 Å². The van der Waals surface area contributed by atoms with Crippen LogP contribution in [0.4, 0.5) is 0 Å². The van der Waals surface area contributed by atoms with Crippen LogP contribution in [0.2, 0.25) is 0 Å². The molecule has 0 radical (unpaired) electrons. The number of aryl methyl sites for hydroxylation is 1. The van der Waals surface area contributed by atoms with E-state index in [1.54, 1.807) is 0 Å². The molecule has 19 heavy (non-hydrogen) atoms. The molecule has 0 fully saturated rings. The summed E-state index contributed by atoms with van der Waals surface area (Å²) in [6, 6.07) is 16.7. The second-order valence-corrected chi connectivity index (χ2v) is 4.51. The van der Waals surface area contributed by atoms with Crippen LogP contribution in [0, 0.1) is 12.3 Å². The molecule has 0 spiro atoms. The summed E-state index contributed by atoms with van der Waals surface area (Å²) in [7, 11) is 0. The van der Waals surface area contributed by atoms with E-state index in [9.17, 15) is 0 Å². The molecule has 0 aliphatic heterocycles. The van der Waals surface area contributed by atoms with Gasteiger partial charge in [-0.05, 0) is 35.6 Å². The summed E-state index contributed by atoms with van der Waals surface area (Å²) in [6.45, 7) is 2.16. The first-order valence-electron chi connectivity index (χ1n) is 6.63. The van der Waals surface area contributed by atoms with E-state index in [1.807, 2.05) is 12.1 Å². The number of rotatable bonds is 4. The minimum absolute atomic E-state index is 0.932. The van der Waals surface area contributed by atoms with Crippen molar-refractivity contribution in [3.8, 4) is 12.3 Å². The summed E-state index contributed by atoms with van der Waals surface area (Å²) in [6.07, 6.45) is 11.8. The number of benzene rings is 2. The molecule has 0 aromatic heterocycles. The Kier molecular flexibility index (Phi) is 4.59. The van der Waals surface area contributed by atoms with E-state index in [-0.39, 0.29) is 0 Å². The quantitative estimate of drug-likeness (QED) is 0.697. The van der Waals surface area contributed by atoms with Crippen molar-refractivity contribution in [2.45, 2.75) is 19.8 Å². The molecule has 0 bridgehead atoms. The van der Waals surface area contributed by atoms with Crippen molar-refractivity contribution < 1.29 is 0 Å². The molecule has 0 heterocycles. The lowest BCUT2D eigenvalue weighted by atomic mass is 10.0. The molecule has 0 nitrogen and oxygen atoms in total. The Labute approximate surface area is 115 Å². The van der Waals surface area contributed by atoms with Crippen LogP contribution in [-0.2, 0) is 12.8 Å². The Bertz CT molecular complexity index is 598. The molecule has 0 atom stereocenters. The number of hydrogen-bond acceptors (Lipinski definition) is 0.